The fourth-order valence-corrected chi connectivity index (χ4v) is 18.0. The summed E-state index contributed by atoms with van der Waals surface area (Å²) in [5.41, 5.74) is 0. The first-order valence-electron chi connectivity index (χ1n) is 49.4. The Bertz CT molecular complexity index is 3150. The van der Waals surface area contributed by atoms with E-state index in [0.717, 1.165) is 352 Å². The highest BCUT2D eigenvalue weighted by atomic mass is 16.6. The van der Waals surface area contributed by atoms with Crippen LogP contribution in [0, 0.1) is 65.1 Å². The minimum atomic E-state index is -0.0480. The van der Waals surface area contributed by atoms with E-state index >= 15 is 0 Å². The maximum atomic E-state index is 11.9. The van der Waals surface area contributed by atoms with Crippen molar-refractivity contribution in [3.63, 3.8) is 0 Å². The van der Waals surface area contributed by atoms with Crippen LogP contribution in [0.5, 0.6) is 0 Å². The Kier molecular flexibility index (Phi) is 49.9. The Labute approximate surface area is 761 Å². The molecule has 0 aromatic heterocycles. The molecule has 34 heteroatoms. The van der Waals surface area contributed by atoms with Crippen molar-refractivity contribution >= 4 is 53.7 Å². The van der Waals surface area contributed by atoms with Crippen LogP contribution in [0.15, 0.2) is 0 Å². The highest BCUT2D eigenvalue weighted by Crippen LogP contribution is 2.27. The third-order valence-electron chi connectivity index (χ3n) is 27.9. The van der Waals surface area contributed by atoms with Crippen LogP contribution in [-0.2, 0) is 85.8 Å². The summed E-state index contributed by atoms with van der Waals surface area (Å²) < 4.78 is 47.2. The molecule has 16 heterocycles. The van der Waals surface area contributed by atoms with Gasteiger partial charge in [-0.3, -0.25) is 43.2 Å². The van der Waals surface area contributed by atoms with Gasteiger partial charge >= 0.3 is 53.7 Å². The summed E-state index contributed by atoms with van der Waals surface area (Å²) in [6, 6.07) is 0. The fraction of sp³-hybridized carbons (Fsp3) is 0.903. The van der Waals surface area contributed by atoms with Crippen LogP contribution in [0.1, 0.15) is 146 Å². The maximum absolute atomic E-state index is 11.9. The van der Waals surface area contributed by atoms with Crippen molar-refractivity contribution in [3.8, 4) is 0 Å². The van der Waals surface area contributed by atoms with Crippen molar-refractivity contribution < 1.29 is 85.8 Å². The van der Waals surface area contributed by atoms with Gasteiger partial charge in [0.2, 0.25) is 0 Å². The molecule has 16 fully saturated rings. The molecular weight excluding hydrogens is 1630 g/mol. The molecule has 16 aliphatic heterocycles. The lowest BCUT2D eigenvalue weighted by Crippen LogP contribution is -2.54. The molecule has 127 heavy (non-hydrogen) atoms. The monoisotopic (exact) mass is 1800 g/mol. The third kappa shape index (κ3) is 37.9. The summed E-state index contributed by atoms with van der Waals surface area (Å²) in [6.45, 7) is 60.0. The second-order valence-electron chi connectivity index (χ2n) is 37.3. The second-order valence-corrected chi connectivity index (χ2v) is 37.3. The van der Waals surface area contributed by atoms with Crippen LogP contribution in [0.3, 0.4) is 0 Å². The van der Waals surface area contributed by atoms with Gasteiger partial charge in [-0.2, -0.15) is 0 Å². The first-order valence-corrected chi connectivity index (χ1v) is 49.4. The van der Waals surface area contributed by atoms with E-state index < -0.39 is 0 Å². The normalized spacial score (nSPS) is 27.0. The molecular formula is C93H170N16O18. The van der Waals surface area contributed by atoms with Crippen LogP contribution >= 0.6 is 0 Å². The van der Waals surface area contributed by atoms with E-state index in [1.807, 2.05) is 0 Å². The van der Waals surface area contributed by atoms with Crippen LogP contribution in [-0.4, -0.2) is 436 Å². The lowest BCUT2D eigenvalue weighted by molar-refractivity contribution is -0.162. The van der Waals surface area contributed by atoms with Crippen LogP contribution in [0.4, 0.5) is 0 Å². The number of carbonyl (C=O) groups is 9. The molecule has 0 saturated carbocycles. The number of rotatable bonds is 27. The third-order valence-corrected chi connectivity index (χ3v) is 27.9. The number of piperidine rings is 4. The Morgan fingerprint density at radius 2 is 0.528 bits per heavy atom. The van der Waals surface area contributed by atoms with Gasteiger partial charge in [0.15, 0.2) is 0 Å². The number of ether oxygens (including phenoxy) is 9. The summed E-state index contributed by atoms with van der Waals surface area (Å²) in [7, 11) is 5.00. The van der Waals surface area contributed by atoms with E-state index in [1.165, 1.54) is 14.2 Å². The number of methoxy groups -OCH3 is 2. The van der Waals surface area contributed by atoms with E-state index in [0.29, 0.717) is 25.0 Å². The largest absolute Gasteiger partial charge is 0.469 e. The number of carbonyl (C=O) groups excluding carboxylic acids is 9. The van der Waals surface area contributed by atoms with Crippen molar-refractivity contribution in [3.05, 3.63) is 0 Å². The molecule has 16 rings (SSSR count). The van der Waals surface area contributed by atoms with Gasteiger partial charge in [-0.15, -0.1) is 0 Å². The summed E-state index contributed by atoms with van der Waals surface area (Å²) in [4.78, 5) is 127. The molecule has 0 aliphatic carbocycles. The Morgan fingerprint density at radius 1 is 0.244 bits per heavy atom. The summed E-state index contributed by atoms with van der Waals surface area (Å²) in [6.07, 6.45) is 13.6. The van der Waals surface area contributed by atoms with Gasteiger partial charge in [-0.1, -0.05) is 62.3 Å². The molecule has 7 atom stereocenters. The van der Waals surface area contributed by atoms with Crippen LogP contribution in [0.25, 0.3) is 0 Å². The van der Waals surface area contributed by atoms with Gasteiger partial charge in [-0.25, -0.2) is 0 Å². The first kappa shape index (κ1) is 107. The summed E-state index contributed by atoms with van der Waals surface area (Å²) >= 11 is 0. The summed E-state index contributed by atoms with van der Waals surface area (Å²) in [5, 5.41) is 19.1. The number of nitrogens with one attached hydrogen (secondary N) is 6. The van der Waals surface area contributed by atoms with Crippen LogP contribution in [0.2, 0.25) is 0 Å². The van der Waals surface area contributed by atoms with Gasteiger partial charge in [0.25, 0.3) is 0 Å². The first-order chi connectivity index (χ1) is 61.5. The molecule has 0 aromatic carbocycles. The molecule has 0 amide bonds. The second kappa shape index (κ2) is 59.3. The van der Waals surface area contributed by atoms with Gasteiger partial charge in [-0.05, 0) is 215 Å². The average Bonchev–Trinajstić information content (AvgIpc) is 1.61. The van der Waals surface area contributed by atoms with E-state index in [4.69, 9.17) is 42.6 Å². The van der Waals surface area contributed by atoms with Gasteiger partial charge in [0.05, 0.1) is 80.7 Å². The molecule has 7 unspecified atom stereocenters. The number of hydrogen-bond donors (Lipinski definition) is 6. The predicted octanol–water partition coefficient (Wildman–Crippen LogP) is 2.30. The molecule has 730 valence electrons. The lowest BCUT2D eigenvalue weighted by atomic mass is 9.97. The number of likely N-dealkylation sites (N-methyl/N-ethyl adjacent to an activating group) is 1. The van der Waals surface area contributed by atoms with Gasteiger partial charge < -0.3 is 124 Å². The highest BCUT2D eigenvalue weighted by molar-refractivity contribution is 5.77. The SMILES string of the molecule is CCN1CC(C(=O)OC2CCNC2)C1.CCN1CC(C(=O)OC2CCNCC2)C1.CCN1CC(C(=O)OC2CNC2)C1.CCN1CC(C(=O)OCC2CNC2)C1.CCN1CCC(C(=O)OC)CC1.CCN1CCC(C(=O)OC2CCN(C)C2)C1.CCN1CCC(C(=O)OCC2CNC2)C1.CCN1CCCC(C(=O)OC)C1.CCN1CCCC(C(=O)OC2CCNC2)C1. The fourth-order valence-electron chi connectivity index (χ4n) is 18.0. The zero-order chi connectivity index (χ0) is 91.4. The van der Waals surface area contributed by atoms with Crippen molar-refractivity contribution in [2.75, 3.05) is 303 Å². The topological polar surface area (TPSA) is 341 Å². The zero-order valence-corrected chi connectivity index (χ0v) is 80.2. The molecule has 34 nitrogen and oxygen atoms in total. The lowest BCUT2D eigenvalue weighted by Gasteiger charge is -2.38. The number of likely N-dealkylation sites (tertiary alicyclic amines) is 10. The summed E-state index contributed by atoms with van der Waals surface area (Å²) in [5.74, 6) is 2.27. The van der Waals surface area contributed by atoms with E-state index in [9.17, 15) is 43.2 Å². The number of esters is 9. The van der Waals surface area contributed by atoms with Crippen molar-refractivity contribution in [1.82, 2.24) is 80.9 Å². The van der Waals surface area contributed by atoms with Crippen molar-refractivity contribution in [1.29, 1.82) is 0 Å². The molecule has 0 radical (unpaired) electrons. The number of hydrogen-bond acceptors (Lipinski definition) is 34. The Hall–Kier alpha value is -5.41. The minimum absolute atomic E-state index is 0.00148. The zero-order valence-electron chi connectivity index (χ0n) is 80.2. The quantitative estimate of drug-likeness (QED) is 0.0508. The smallest absolute Gasteiger partial charge is 0.311 e. The predicted molar refractivity (Wildman–Crippen MR) is 488 cm³/mol. The minimum Gasteiger partial charge on any atom is -0.469 e. The Balaban J connectivity index is 0.000000177. The Morgan fingerprint density at radius 3 is 0.866 bits per heavy atom. The molecule has 0 bridgehead atoms. The molecule has 16 aliphatic rings. The highest BCUT2D eigenvalue weighted by Gasteiger charge is 2.40. The maximum Gasteiger partial charge on any atom is 0.311 e. The standard InChI is InChI=1S/2C12H22N2O2.2C11H20N2O2.2C10H18N2O2.C9H16N2O2.2C9H17NO2/c1-3-14-7-4-10(8-14)12(15)16-11-5-6-13(2)9-11;1-2-14-7-3-4-10(9-14)12(15)16-11-5-6-13-8-11;1-2-13-7-9(8-13)11(14)15-10-3-5-12-6-4-10;1-2-13-4-3-10(7-13)11(14)15-8-9-5-12-6-9;1-2-12-5-9(6-12)10(13)14-7-8-3-11-4-8;1-2-12-6-8(7-12)10(13)14-9-3-4-11-5-9;1-2-11-5-7(6-11)9(12)13-8-3-10-4-8;1-3-10-6-4-8(5-7-10)9(11)12-2;1-3-10-6-4-5-8(7-10)9(11)12-2/h10-11H,3-9H2,1-2H3;10-11,13H,2-9H2,1H3;2*9-10,12H,2-8H2,1H3;2*8-9,11H,2-7H2,1H3;7-8,10H,2-6H2,1H3;2*8H,3-7H2,1-2H3. The van der Waals surface area contributed by atoms with Crippen molar-refractivity contribution in [2.24, 2.45) is 65.1 Å². The van der Waals surface area contributed by atoms with E-state index in [1.54, 1.807) is 0 Å². The van der Waals surface area contributed by atoms with Gasteiger partial charge in [0.1, 0.15) is 30.5 Å². The average molecular weight is 1800 g/mol. The van der Waals surface area contributed by atoms with E-state index in [-0.39, 0.29) is 138 Å². The van der Waals surface area contributed by atoms with Crippen molar-refractivity contribution in [2.45, 2.75) is 176 Å². The molecule has 0 spiro atoms. The number of nitrogens with zero attached hydrogens (tertiary/aromatic N) is 10. The molecule has 0 aromatic rings. The molecule has 6 N–H and O–H groups in total. The van der Waals surface area contributed by atoms with E-state index in [2.05, 4.69) is 150 Å². The molecule has 16 saturated heterocycles. The van der Waals surface area contributed by atoms with Gasteiger partial charge in [0, 0.05) is 156 Å². The van der Waals surface area contributed by atoms with Crippen LogP contribution < -0.4 is 31.9 Å².